The summed E-state index contributed by atoms with van der Waals surface area (Å²) in [6.45, 7) is 4.66. The molecule has 114 valence electrons. The maximum absolute atomic E-state index is 12.4. The number of nitrogens with zero attached hydrogens (tertiary/aromatic N) is 1. The van der Waals surface area contributed by atoms with Crippen molar-refractivity contribution in [3.8, 4) is 0 Å². The highest BCUT2D eigenvalue weighted by Crippen LogP contribution is 2.47. The summed E-state index contributed by atoms with van der Waals surface area (Å²) in [6.07, 6.45) is 2.47. The van der Waals surface area contributed by atoms with Gasteiger partial charge >= 0.3 is 0 Å². The third-order valence-electron chi connectivity index (χ3n) is 4.78. The van der Waals surface area contributed by atoms with E-state index in [0.717, 1.165) is 18.4 Å². The first-order valence-corrected chi connectivity index (χ1v) is 8.36. The van der Waals surface area contributed by atoms with E-state index >= 15 is 0 Å². The van der Waals surface area contributed by atoms with Gasteiger partial charge in [0.05, 0.1) is 16.9 Å². The number of carbonyl (C=O) groups is 2. The zero-order valence-electron chi connectivity index (χ0n) is 12.5. The molecular weight excluding hydrogens is 286 g/mol. The summed E-state index contributed by atoms with van der Waals surface area (Å²) in [6, 6.07) is 1.80. The Morgan fingerprint density at radius 1 is 1.48 bits per heavy atom. The summed E-state index contributed by atoms with van der Waals surface area (Å²) < 4.78 is 0. The van der Waals surface area contributed by atoms with Crippen LogP contribution in [0.25, 0.3) is 0 Å². The molecule has 2 fully saturated rings. The second-order valence-electron chi connectivity index (χ2n) is 6.49. The fraction of sp³-hybridized carbons (Fsp3) is 0.625. The first kappa shape index (κ1) is 14.7. The van der Waals surface area contributed by atoms with Crippen LogP contribution in [0, 0.1) is 11.8 Å². The van der Waals surface area contributed by atoms with Crippen molar-refractivity contribution in [2.45, 2.75) is 38.7 Å². The Kier molecular flexibility index (Phi) is 3.66. The van der Waals surface area contributed by atoms with Crippen LogP contribution in [0.4, 0.5) is 0 Å². The van der Waals surface area contributed by atoms with Crippen molar-refractivity contribution in [2.24, 2.45) is 11.8 Å². The van der Waals surface area contributed by atoms with Crippen molar-refractivity contribution in [1.82, 2.24) is 4.90 Å². The van der Waals surface area contributed by atoms with Crippen molar-refractivity contribution in [1.29, 1.82) is 0 Å². The van der Waals surface area contributed by atoms with E-state index in [1.54, 1.807) is 11.0 Å². The van der Waals surface area contributed by atoms with Crippen LogP contribution >= 0.6 is 11.3 Å². The smallest absolute Gasteiger partial charge is 0.227 e. The highest BCUT2D eigenvalue weighted by Gasteiger charge is 2.53. The number of ketones is 1. The summed E-state index contributed by atoms with van der Waals surface area (Å²) >= 11 is 1.39. The number of aliphatic hydroxyl groups is 1. The first-order valence-electron chi connectivity index (χ1n) is 7.48. The lowest BCUT2D eigenvalue weighted by Gasteiger charge is -2.26. The Morgan fingerprint density at radius 3 is 2.76 bits per heavy atom. The number of β-amino-alcohol motifs (C(OH)–C–C–N with tert-alkyl or cyclic N) is 1. The van der Waals surface area contributed by atoms with Crippen LogP contribution in [-0.4, -0.2) is 40.4 Å². The molecule has 1 amide bonds. The summed E-state index contributed by atoms with van der Waals surface area (Å²) in [5, 5.41) is 12.6. The van der Waals surface area contributed by atoms with E-state index in [-0.39, 0.29) is 17.6 Å². The van der Waals surface area contributed by atoms with Crippen molar-refractivity contribution in [3.05, 3.63) is 21.9 Å². The average molecular weight is 307 g/mol. The quantitative estimate of drug-likeness (QED) is 0.867. The second-order valence-corrected chi connectivity index (χ2v) is 7.40. The molecule has 2 aliphatic rings. The first-order chi connectivity index (χ1) is 9.90. The van der Waals surface area contributed by atoms with Crippen molar-refractivity contribution >= 4 is 23.0 Å². The molecule has 1 aliphatic carbocycles. The Balaban J connectivity index is 1.64. The third kappa shape index (κ3) is 2.77. The normalized spacial score (nSPS) is 28.9. The molecule has 1 aromatic heterocycles. The number of amides is 1. The molecule has 0 aromatic carbocycles. The van der Waals surface area contributed by atoms with Gasteiger partial charge in [-0.25, -0.2) is 0 Å². The van der Waals surface area contributed by atoms with Crippen LogP contribution in [0.2, 0.25) is 0 Å². The zero-order valence-corrected chi connectivity index (χ0v) is 13.3. The van der Waals surface area contributed by atoms with E-state index in [1.807, 2.05) is 12.3 Å². The maximum atomic E-state index is 12.4. The van der Waals surface area contributed by atoms with E-state index in [9.17, 15) is 14.7 Å². The number of Topliss-reactive ketones (excluding diaryl/α,β-unsaturated/α-hetero) is 1. The Hall–Kier alpha value is -1.20. The number of hydrogen-bond acceptors (Lipinski definition) is 4. The van der Waals surface area contributed by atoms with E-state index in [2.05, 4.69) is 0 Å². The van der Waals surface area contributed by atoms with Crippen LogP contribution < -0.4 is 0 Å². The molecule has 4 nitrogen and oxygen atoms in total. The van der Waals surface area contributed by atoms with Gasteiger partial charge in [0.15, 0.2) is 5.78 Å². The Bertz CT molecular complexity index is 578. The summed E-state index contributed by atoms with van der Waals surface area (Å²) in [4.78, 5) is 26.2. The molecule has 1 saturated heterocycles. The number of rotatable bonds is 4. The molecule has 2 unspecified atom stereocenters. The average Bonchev–Trinajstić information content (AvgIpc) is 3.10. The SMILES string of the molecule is CC(=O)c1cc(CC(=O)N2CC(C)C(O)(C3CC3)C2)cs1. The topological polar surface area (TPSA) is 57.6 Å². The minimum atomic E-state index is -0.686. The minimum Gasteiger partial charge on any atom is -0.387 e. The molecule has 0 radical (unpaired) electrons. The number of likely N-dealkylation sites (tertiary alicyclic amines) is 1. The Morgan fingerprint density at radius 2 is 2.19 bits per heavy atom. The molecule has 5 heteroatoms. The summed E-state index contributed by atoms with van der Waals surface area (Å²) in [5.41, 5.74) is 0.208. The van der Waals surface area contributed by atoms with E-state index in [1.165, 1.54) is 18.3 Å². The van der Waals surface area contributed by atoms with Gasteiger partial charge in [0.25, 0.3) is 0 Å². The van der Waals surface area contributed by atoms with Gasteiger partial charge in [-0.1, -0.05) is 6.92 Å². The number of thiophene rings is 1. The van der Waals surface area contributed by atoms with Crippen molar-refractivity contribution < 1.29 is 14.7 Å². The van der Waals surface area contributed by atoms with Crippen molar-refractivity contribution in [3.63, 3.8) is 0 Å². The van der Waals surface area contributed by atoms with Crippen LogP contribution in [0.5, 0.6) is 0 Å². The lowest BCUT2D eigenvalue weighted by molar-refractivity contribution is -0.130. The lowest BCUT2D eigenvalue weighted by atomic mass is 9.88. The van der Waals surface area contributed by atoms with Gasteiger partial charge in [0.2, 0.25) is 5.91 Å². The molecular formula is C16H21NO3S. The summed E-state index contributed by atoms with van der Waals surface area (Å²) in [7, 11) is 0. The standard InChI is InChI=1S/C16H21NO3S/c1-10-7-17(9-16(10,20)13-3-4-13)15(19)6-12-5-14(11(2)18)21-8-12/h5,8,10,13,20H,3-4,6-7,9H2,1-2H3. The highest BCUT2D eigenvalue weighted by atomic mass is 32.1. The van der Waals surface area contributed by atoms with E-state index < -0.39 is 5.60 Å². The molecule has 3 rings (SSSR count). The van der Waals surface area contributed by atoms with E-state index in [0.29, 0.717) is 30.3 Å². The van der Waals surface area contributed by atoms with Crippen LogP contribution in [-0.2, 0) is 11.2 Å². The molecule has 2 atom stereocenters. The van der Waals surface area contributed by atoms with E-state index in [4.69, 9.17) is 0 Å². The monoisotopic (exact) mass is 307 g/mol. The van der Waals surface area contributed by atoms with Gasteiger partial charge in [0, 0.05) is 19.0 Å². The molecule has 2 heterocycles. The second kappa shape index (κ2) is 5.21. The number of hydrogen-bond donors (Lipinski definition) is 1. The molecule has 0 bridgehead atoms. The van der Waals surface area contributed by atoms with Gasteiger partial charge in [0.1, 0.15) is 0 Å². The molecule has 1 aliphatic heterocycles. The molecule has 1 N–H and O–H groups in total. The highest BCUT2D eigenvalue weighted by molar-refractivity contribution is 7.12. The van der Waals surface area contributed by atoms with Gasteiger partial charge in [-0.2, -0.15) is 0 Å². The minimum absolute atomic E-state index is 0.0385. The van der Waals surface area contributed by atoms with Crippen LogP contribution in [0.3, 0.4) is 0 Å². The summed E-state index contributed by atoms with van der Waals surface area (Å²) in [5.74, 6) is 0.600. The fourth-order valence-electron chi connectivity index (χ4n) is 3.26. The predicted molar refractivity (Wildman–Crippen MR) is 81.4 cm³/mol. The van der Waals surface area contributed by atoms with Crippen molar-refractivity contribution in [2.75, 3.05) is 13.1 Å². The molecule has 1 aromatic rings. The third-order valence-corrected chi connectivity index (χ3v) is 5.86. The zero-order chi connectivity index (χ0) is 15.2. The largest absolute Gasteiger partial charge is 0.387 e. The van der Waals surface area contributed by atoms with Gasteiger partial charge in [-0.15, -0.1) is 11.3 Å². The lowest BCUT2D eigenvalue weighted by Crippen LogP contribution is -2.40. The Labute approximate surface area is 128 Å². The van der Waals surface area contributed by atoms with Crippen LogP contribution in [0.1, 0.15) is 41.9 Å². The van der Waals surface area contributed by atoms with Crippen LogP contribution in [0.15, 0.2) is 11.4 Å². The number of carbonyl (C=O) groups excluding carboxylic acids is 2. The molecule has 1 saturated carbocycles. The van der Waals surface area contributed by atoms with Gasteiger partial charge in [-0.3, -0.25) is 9.59 Å². The maximum Gasteiger partial charge on any atom is 0.227 e. The predicted octanol–water partition coefficient (Wildman–Crippen LogP) is 2.11. The molecule has 21 heavy (non-hydrogen) atoms. The fourth-order valence-corrected chi connectivity index (χ4v) is 4.07. The molecule has 0 spiro atoms. The van der Waals surface area contributed by atoms with Gasteiger partial charge in [-0.05, 0) is 42.7 Å². The van der Waals surface area contributed by atoms with Gasteiger partial charge < -0.3 is 10.0 Å².